The van der Waals surface area contributed by atoms with Gasteiger partial charge >= 0.3 is 6.09 Å². The summed E-state index contributed by atoms with van der Waals surface area (Å²) in [5, 5.41) is 6.61. The SMILES string of the molecule is CC(NCC1CCN(C(=O)OC(C)(C)C)C1)c1nccs1. The molecule has 21 heavy (non-hydrogen) atoms. The summed E-state index contributed by atoms with van der Waals surface area (Å²) in [5.74, 6) is 0.486. The highest BCUT2D eigenvalue weighted by molar-refractivity contribution is 7.09. The summed E-state index contributed by atoms with van der Waals surface area (Å²) in [6.45, 7) is 10.3. The Kier molecular flexibility index (Phi) is 5.22. The van der Waals surface area contributed by atoms with E-state index in [1.165, 1.54) is 0 Å². The summed E-state index contributed by atoms with van der Waals surface area (Å²) in [7, 11) is 0. The van der Waals surface area contributed by atoms with Crippen LogP contribution in [-0.2, 0) is 4.74 Å². The fourth-order valence-corrected chi connectivity index (χ4v) is 3.04. The molecule has 2 atom stereocenters. The summed E-state index contributed by atoms with van der Waals surface area (Å²) >= 11 is 1.67. The summed E-state index contributed by atoms with van der Waals surface area (Å²) in [6, 6.07) is 0.264. The monoisotopic (exact) mass is 311 g/mol. The molecule has 118 valence electrons. The van der Waals surface area contributed by atoms with Crippen LogP contribution in [0.15, 0.2) is 11.6 Å². The van der Waals surface area contributed by atoms with E-state index in [4.69, 9.17) is 4.74 Å². The van der Waals surface area contributed by atoms with Crippen molar-refractivity contribution in [3.63, 3.8) is 0 Å². The van der Waals surface area contributed by atoms with Crippen molar-refractivity contribution in [3.05, 3.63) is 16.6 Å². The van der Waals surface area contributed by atoms with E-state index >= 15 is 0 Å². The van der Waals surface area contributed by atoms with Crippen LogP contribution in [-0.4, -0.2) is 41.2 Å². The summed E-state index contributed by atoms with van der Waals surface area (Å²) in [5.41, 5.74) is -0.424. The first-order chi connectivity index (χ1) is 9.85. The lowest BCUT2D eigenvalue weighted by molar-refractivity contribution is 0.0288. The number of rotatable bonds is 4. The van der Waals surface area contributed by atoms with Crippen molar-refractivity contribution in [1.29, 1.82) is 0 Å². The first kappa shape index (κ1) is 16.2. The van der Waals surface area contributed by atoms with E-state index in [1.54, 1.807) is 11.3 Å². The average Bonchev–Trinajstić information content (AvgIpc) is 3.05. The van der Waals surface area contributed by atoms with Crippen molar-refractivity contribution >= 4 is 17.4 Å². The molecule has 2 rings (SSSR count). The predicted octanol–water partition coefficient (Wildman–Crippen LogP) is 3.05. The lowest BCUT2D eigenvalue weighted by Crippen LogP contribution is -2.36. The zero-order chi connectivity index (χ0) is 15.5. The van der Waals surface area contributed by atoms with Gasteiger partial charge in [-0.3, -0.25) is 0 Å². The molecule has 1 fully saturated rings. The third kappa shape index (κ3) is 4.97. The fraction of sp³-hybridized carbons (Fsp3) is 0.733. The second kappa shape index (κ2) is 6.75. The molecule has 0 aliphatic carbocycles. The van der Waals surface area contributed by atoms with Crippen LogP contribution in [0.25, 0.3) is 0 Å². The van der Waals surface area contributed by atoms with Crippen molar-refractivity contribution in [2.45, 2.75) is 45.8 Å². The molecule has 1 aliphatic heterocycles. The van der Waals surface area contributed by atoms with Crippen molar-refractivity contribution in [2.24, 2.45) is 5.92 Å². The predicted molar refractivity (Wildman–Crippen MR) is 84.4 cm³/mol. The van der Waals surface area contributed by atoms with Crippen molar-refractivity contribution in [1.82, 2.24) is 15.2 Å². The minimum atomic E-state index is -0.424. The number of aromatic nitrogens is 1. The fourth-order valence-electron chi connectivity index (χ4n) is 2.37. The third-order valence-corrected chi connectivity index (χ3v) is 4.43. The molecular weight excluding hydrogens is 286 g/mol. The molecule has 0 radical (unpaired) electrons. The molecular formula is C15H25N3O2S. The van der Waals surface area contributed by atoms with E-state index in [0.29, 0.717) is 5.92 Å². The highest BCUT2D eigenvalue weighted by Gasteiger charge is 2.29. The molecule has 1 N–H and O–H groups in total. The molecule has 1 aromatic heterocycles. The first-order valence-corrected chi connectivity index (χ1v) is 8.34. The Morgan fingerprint density at radius 1 is 1.62 bits per heavy atom. The largest absolute Gasteiger partial charge is 0.444 e. The highest BCUT2D eigenvalue weighted by Crippen LogP contribution is 2.20. The number of thiazole rings is 1. The normalized spacial score (nSPS) is 20.6. The number of carbonyl (C=O) groups excluding carboxylic acids is 1. The van der Waals surface area contributed by atoms with Gasteiger partial charge in [0.1, 0.15) is 10.6 Å². The van der Waals surface area contributed by atoms with Gasteiger partial charge in [0, 0.05) is 31.2 Å². The number of nitrogens with zero attached hydrogens (tertiary/aromatic N) is 2. The van der Waals surface area contributed by atoms with Crippen LogP contribution in [0.5, 0.6) is 0 Å². The van der Waals surface area contributed by atoms with Gasteiger partial charge in [0.25, 0.3) is 0 Å². The second-order valence-corrected chi connectivity index (χ2v) is 7.51. The quantitative estimate of drug-likeness (QED) is 0.928. The van der Waals surface area contributed by atoms with Crippen LogP contribution < -0.4 is 5.32 Å². The van der Waals surface area contributed by atoms with Crippen LogP contribution in [0.2, 0.25) is 0 Å². The number of ether oxygens (including phenoxy) is 1. The van der Waals surface area contributed by atoms with Crippen LogP contribution in [0, 0.1) is 5.92 Å². The average molecular weight is 311 g/mol. The van der Waals surface area contributed by atoms with Crippen LogP contribution in [0.3, 0.4) is 0 Å². The van der Waals surface area contributed by atoms with Crippen LogP contribution in [0.1, 0.15) is 45.2 Å². The Morgan fingerprint density at radius 3 is 3.00 bits per heavy atom. The number of nitrogens with one attached hydrogen (secondary N) is 1. The first-order valence-electron chi connectivity index (χ1n) is 7.46. The van der Waals surface area contributed by atoms with Gasteiger partial charge in [-0.05, 0) is 40.0 Å². The zero-order valence-corrected chi connectivity index (χ0v) is 14.1. The summed E-state index contributed by atoms with van der Waals surface area (Å²) in [6.07, 6.45) is 2.66. The molecule has 1 amide bonds. The number of hydrogen-bond acceptors (Lipinski definition) is 5. The van der Waals surface area contributed by atoms with E-state index in [9.17, 15) is 4.79 Å². The minimum Gasteiger partial charge on any atom is -0.444 e. The lowest BCUT2D eigenvalue weighted by atomic mass is 10.1. The van der Waals surface area contributed by atoms with Gasteiger partial charge in [-0.25, -0.2) is 9.78 Å². The van der Waals surface area contributed by atoms with Gasteiger partial charge in [-0.15, -0.1) is 11.3 Å². The molecule has 1 aliphatic rings. The molecule has 0 aromatic carbocycles. The van der Waals surface area contributed by atoms with Gasteiger partial charge in [0.05, 0.1) is 6.04 Å². The van der Waals surface area contributed by atoms with Gasteiger partial charge in [0.2, 0.25) is 0 Å². The molecule has 1 aromatic rings. The lowest BCUT2D eigenvalue weighted by Gasteiger charge is -2.24. The van der Waals surface area contributed by atoms with Gasteiger partial charge in [-0.2, -0.15) is 0 Å². The standard InChI is InChI=1S/C15H25N3O2S/c1-11(13-16-6-8-21-13)17-9-12-5-7-18(10-12)14(19)20-15(2,3)4/h6,8,11-12,17H,5,7,9-10H2,1-4H3. The topological polar surface area (TPSA) is 54.5 Å². The Bertz CT molecular complexity index is 456. The Hall–Kier alpha value is -1.14. The number of likely N-dealkylation sites (tertiary alicyclic amines) is 1. The van der Waals surface area contributed by atoms with E-state index < -0.39 is 5.60 Å². The summed E-state index contributed by atoms with van der Waals surface area (Å²) in [4.78, 5) is 18.1. The van der Waals surface area contributed by atoms with Crippen LogP contribution >= 0.6 is 11.3 Å². The maximum atomic E-state index is 12.0. The molecule has 2 heterocycles. The van der Waals surface area contributed by atoms with Gasteiger partial charge in [-0.1, -0.05) is 0 Å². The number of carbonyl (C=O) groups is 1. The molecule has 6 heteroatoms. The molecule has 2 unspecified atom stereocenters. The Balaban J connectivity index is 1.74. The van der Waals surface area contributed by atoms with Crippen molar-refractivity contribution in [3.8, 4) is 0 Å². The van der Waals surface area contributed by atoms with E-state index in [2.05, 4.69) is 17.2 Å². The second-order valence-electron chi connectivity index (χ2n) is 6.58. The van der Waals surface area contributed by atoms with Gasteiger partial charge in [0.15, 0.2) is 0 Å². The zero-order valence-electron chi connectivity index (χ0n) is 13.3. The van der Waals surface area contributed by atoms with E-state index in [1.807, 2.05) is 37.2 Å². The molecule has 0 spiro atoms. The highest BCUT2D eigenvalue weighted by atomic mass is 32.1. The minimum absolute atomic E-state index is 0.196. The van der Waals surface area contributed by atoms with E-state index in [-0.39, 0.29) is 12.1 Å². The van der Waals surface area contributed by atoms with Crippen molar-refractivity contribution in [2.75, 3.05) is 19.6 Å². The third-order valence-electron chi connectivity index (χ3n) is 3.47. The molecule has 0 saturated carbocycles. The number of hydrogen-bond donors (Lipinski definition) is 1. The Labute approximate surface area is 130 Å². The van der Waals surface area contributed by atoms with E-state index in [0.717, 1.165) is 31.1 Å². The molecule has 5 nitrogen and oxygen atoms in total. The van der Waals surface area contributed by atoms with Gasteiger partial charge < -0.3 is 15.0 Å². The maximum absolute atomic E-state index is 12.0. The number of amides is 1. The molecule has 1 saturated heterocycles. The maximum Gasteiger partial charge on any atom is 0.410 e. The van der Waals surface area contributed by atoms with Crippen molar-refractivity contribution < 1.29 is 9.53 Å². The summed E-state index contributed by atoms with van der Waals surface area (Å²) < 4.78 is 5.41. The molecule has 0 bridgehead atoms. The Morgan fingerprint density at radius 2 is 2.38 bits per heavy atom. The smallest absolute Gasteiger partial charge is 0.410 e. The van der Waals surface area contributed by atoms with Crippen LogP contribution in [0.4, 0.5) is 4.79 Å².